The van der Waals surface area contributed by atoms with Gasteiger partial charge in [-0.1, -0.05) is 30.9 Å². The van der Waals surface area contributed by atoms with Gasteiger partial charge in [0.05, 0.1) is 29.2 Å². The minimum Gasteiger partial charge on any atom is -0.365 e. The molecular weight excluding hydrogens is 470 g/mol. The second-order valence-electron chi connectivity index (χ2n) is 8.99. The Morgan fingerprint density at radius 3 is 2.92 bits per heavy atom. The Hall–Kier alpha value is -3.85. The highest BCUT2D eigenvalue weighted by molar-refractivity contribution is 7.11. The van der Waals surface area contributed by atoms with E-state index < -0.39 is 0 Å². The third-order valence-electron chi connectivity index (χ3n) is 6.41. The molecule has 2 aliphatic rings. The van der Waals surface area contributed by atoms with E-state index in [-0.39, 0.29) is 11.8 Å². The number of nitrogens with one attached hydrogen (secondary N) is 2. The summed E-state index contributed by atoms with van der Waals surface area (Å²) in [4.78, 5) is 27.9. The molecule has 0 unspecified atom stereocenters. The minimum absolute atomic E-state index is 0.203. The van der Waals surface area contributed by atoms with Gasteiger partial charge in [0.2, 0.25) is 0 Å². The molecule has 3 aromatic heterocycles. The molecule has 1 fully saturated rings. The van der Waals surface area contributed by atoms with Crippen LogP contribution in [0.1, 0.15) is 39.4 Å². The van der Waals surface area contributed by atoms with Gasteiger partial charge in [-0.3, -0.25) is 9.79 Å². The van der Waals surface area contributed by atoms with Crippen molar-refractivity contribution >= 4 is 34.4 Å². The van der Waals surface area contributed by atoms with Crippen LogP contribution in [0.25, 0.3) is 5.65 Å². The Balaban J connectivity index is 1.22. The minimum atomic E-state index is -0.203. The fourth-order valence-corrected chi connectivity index (χ4v) is 5.21. The molecule has 0 radical (unpaired) electrons. The predicted molar refractivity (Wildman–Crippen MR) is 144 cm³/mol. The molecule has 3 aromatic rings. The van der Waals surface area contributed by atoms with Gasteiger partial charge in [-0.05, 0) is 44.8 Å². The van der Waals surface area contributed by atoms with Crippen molar-refractivity contribution in [1.29, 1.82) is 0 Å². The third kappa shape index (κ3) is 5.06. The van der Waals surface area contributed by atoms with Crippen molar-refractivity contribution in [2.45, 2.75) is 33.7 Å². The van der Waals surface area contributed by atoms with Gasteiger partial charge >= 0.3 is 0 Å². The normalized spacial score (nSPS) is 20.9. The van der Waals surface area contributed by atoms with Gasteiger partial charge in [-0.2, -0.15) is 9.61 Å². The first-order valence-corrected chi connectivity index (χ1v) is 12.8. The van der Waals surface area contributed by atoms with Crippen LogP contribution in [0.15, 0.2) is 71.6 Å². The lowest BCUT2D eigenvalue weighted by molar-refractivity contribution is 0.0946. The quantitative estimate of drug-likeness (QED) is 0.464. The number of fused-ring (bicyclic) bond motifs is 1. The number of carbonyl (C=O) groups is 1. The highest BCUT2D eigenvalue weighted by Gasteiger charge is 2.39. The van der Waals surface area contributed by atoms with Crippen molar-refractivity contribution < 1.29 is 4.79 Å². The number of allylic oxidation sites excluding steroid dienone is 7. The van der Waals surface area contributed by atoms with Crippen LogP contribution in [0.3, 0.4) is 0 Å². The summed E-state index contributed by atoms with van der Waals surface area (Å²) < 4.78 is 1.70. The zero-order valence-corrected chi connectivity index (χ0v) is 21.5. The largest absolute Gasteiger partial charge is 0.365 e. The molecule has 8 nitrogen and oxygen atoms in total. The Bertz CT molecular complexity index is 1460. The predicted octanol–water partition coefficient (Wildman–Crippen LogP) is 4.81. The fourth-order valence-electron chi connectivity index (χ4n) is 4.33. The molecule has 1 saturated carbocycles. The summed E-state index contributed by atoms with van der Waals surface area (Å²) >= 11 is 1.66. The van der Waals surface area contributed by atoms with Crippen LogP contribution in [-0.4, -0.2) is 37.7 Å². The Kier molecular flexibility index (Phi) is 6.65. The number of rotatable bonds is 8. The molecule has 0 bridgehead atoms. The number of aromatic nitrogens is 4. The first-order chi connectivity index (χ1) is 17.4. The van der Waals surface area contributed by atoms with Crippen LogP contribution in [0, 0.1) is 25.7 Å². The summed E-state index contributed by atoms with van der Waals surface area (Å²) in [7, 11) is 0. The van der Waals surface area contributed by atoms with Gasteiger partial charge in [0, 0.05) is 35.2 Å². The lowest BCUT2D eigenvalue weighted by atomic mass is 10.1. The summed E-state index contributed by atoms with van der Waals surface area (Å²) in [5, 5.41) is 11.8. The lowest BCUT2D eigenvalue weighted by Crippen LogP contribution is -2.27. The van der Waals surface area contributed by atoms with Gasteiger partial charge in [0.25, 0.3) is 5.91 Å². The van der Waals surface area contributed by atoms with Gasteiger partial charge in [-0.15, -0.1) is 11.3 Å². The van der Waals surface area contributed by atoms with Crippen LogP contribution in [0.4, 0.5) is 5.82 Å². The van der Waals surface area contributed by atoms with E-state index in [1.807, 2.05) is 51.2 Å². The van der Waals surface area contributed by atoms with Crippen molar-refractivity contribution in [2.75, 3.05) is 11.9 Å². The second-order valence-corrected chi connectivity index (χ2v) is 10.3. The first-order valence-electron chi connectivity index (χ1n) is 12.0. The van der Waals surface area contributed by atoms with E-state index >= 15 is 0 Å². The molecule has 9 heteroatoms. The van der Waals surface area contributed by atoms with Crippen LogP contribution in [0.5, 0.6) is 0 Å². The van der Waals surface area contributed by atoms with E-state index in [0.717, 1.165) is 39.0 Å². The monoisotopic (exact) mass is 499 g/mol. The summed E-state index contributed by atoms with van der Waals surface area (Å²) in [6.45, 7) is 11.4. The van der Waals surface area contributed by atoms with E-state index in [4.69, 9.17) is 4.99 Å². The number of hydrogen-bond acceptors (Lipinski definition) is 7. The lowest BCUT2D eigenvalue weighted by Gasteiger charge is -2.11. The molecule has 5 rings (SSSR count). The fraction of sp³-hybridized carbons (Fsp3) is 0.296. The number of nitrogens with zero attached hydrogens (tertiary/aromatic N) is 5. The van der Waals surface area contributed by atoms with Crippen molar-refractivity contribution in [1.82, 2.24) is 24.9 Å². The number of hydrogen-bond donors (Lipinski definition) is 2. The van der Waals surface area contributed by atoms with Gasteiger partial charge < -0.3 is 10.6 Å². The number of aryl methyl sites for hydroxylation is 2. The number of anilines is 1. The Morgan fingerprint density at radius 1 is 1.31 bits per heavy atom. The van der Waals surface area contributed by atoms with Crippen LogP contribution >= 0.6 is 11.3 Å². The Labute approximate surface area is 214 Å². The number of aliphatic imine (C=N–C) groups is 1. The topological polar surface area (TPSA) is 96.6 Å². The van der Waals surface area contributed by atoms with E-state index in [2.05, 4.69) is 32.3 Å². The molecule has 0 spiro atoms. The van der Waals surface area contributed by atoms with Crippen LogP contribution < -0.4 is 10.6 Å². The van der Waals surface area contributed by atoms with Crippen molar-refractivity contribution in [2.24, 2.45) is 16.8 Å². The number of amides is 1. The smallest absolute Gasteiger partial charge is 0.270 e. The first kappa shape index (κ1) is 23.9. The zero-order valence-electron chi connectivity index (χ0n) is 20.7. The molecule has 2 atom stereocenters. The van der Waals surface area contributed by atoms with Gasteiger partial charge in [-0.25, -0.2) is 9.97 Å². The molecule has 0 saturated heterocycles. The second kappa shape index (κ2) is 10.0. The van der Waals surface area contributed by atoms with E-state index in [9.17, 15) is 4.79 Å². The molecule has 1 amide bonds. The van der Waals surface area contributed by atoms with Crippen molar-refractivity contribution in [3.05, 3.63) is 87.8 Å². The maximum atomic E-state index is 13.0. The Morgan fingerprint density at radius 2 is 2.14 bits per heavy atom. The van der Waals surface area contributed by atoms with E-state index in [1.54, 1.807) is 34.2 Å². The standard InChI is InChI=1S/C27H29N7OS/c1-5-19-8-6-7-9-22(19)32-16(2)21-12-20(21)14-29-27(35)23-13-26(34-25(33-23)10-11-30-34)28-15-24-17(3)31-18(4)36-24/h5-11,13,20-21,28H,2,12,14-15H2,1,3-4H3,(H,29,35)/b19-5-,32-22?/t20-,21-/m1/s1. The highest BCUT2D eigenvalue weighted by atomic mass is 32.1. The molecular formula is C27H29N7OS. The van der Waals surface area contributed by atoms with Gasteiger partial charge in [0.15, 0.2) is 5.65 Å². The third-order valence-corrected chi connectivity index (χ3v) is 7.48. The van der Waals surface area contributed by atoms with Crippen LogP contribution in [-0.2, 0) is 6.54 Å². The molecule has 0 aromatic carbocycles. The van der Waals surface area contributed by atoms with E-state index in [1.165, 1.54) is 0 Å². The van der Waals surface area contributed by atoms with Gasteiger partial charge in [0.1, 0.15) is 11.5 Å². The average molecular weight is 500 g/mol. The summed E-state index contributed by atoms with van der Waals surface area (Å²) in [5.41, 5.74) is 4.87. The number of carbonyl (C=O) groups excluding carboxylic acids is 1. The van der Waals surface area contributed by atoms with E-state index in [0.29, 0.717) is 36.2 Å². The van der Waals surface area contributed by atoms with Crippen molar-refractivity contribution in [3.8, 4) is 0 Å². The summed E-state index contributed by atoms with van der Waals surface area (Å²) in [5.74, 6) is 1.12. The van der Waals surface area contributed by atoms with Crippen molar-refractivity contribution in [3.63, 3.8) is 0 Å². The molecule has 184 valence electrons. The zero-order chi connectivity index (χ0) is 25.2. The summed E-state index contributed by atoms with van der Waals surface area (Å²) in [6.07, 6.45) is 12.7. The molecule has 2 aliphatic carbocycles. The SMILES string of the molecule is C=C(N=C1C=CC=C/C1=C/C)[C@H]1C[C@@H]1CNC(=O)c1cc(NCc2sc(C)nc2C)n2nccc2n1. The summed E-state index contributed by atoms with van der Waals surface area (Å²) in [6, 6.07) is 3.54. The molecule has 2 N–H and O–H groups in total. The molecule has 3 heterocycles. The maximum absolute atomic E-state index is 13.0. The number of thiazole rings is 1. The van der Waals surface area contributed by atoms with Crippen LogP contribution in [0.2, 0.25) is 0 Å². The highest BCUT2D eigenvalue weighted by Crippen LogP contribution is 2.43. The molecule has 36 heavy (non-hydrogen) atoms. The average Bonchev–Trinajstić information content (AvgIpc) is 3.36. The molecule has 0 aliphatic heterocycles. The maximum Gasteiger partial charge on any atom is 0.270 e.